The molecule has 2 heterocycles. The molecule has 0 aliphatic heterocycles. The molecule has 0 bridgehead atoms. The van der Waals surface area contributed by atoms with Crippen LogP contribution < -0.4 is 21.5 Å². The van der Waals surface area contributed by atoms with Crippen LogP contribution in [0.5, 0.6) is 11.5 Å². The fraction of sp³-hybridized carbons (Fsp3) is 0.0800. The average molecular weight is 438 g/mol. The summed E-state index contributed by atoms with van der Waals surface area (Å²) in [5, 5.41) is 3.16. The van der Waals surface area contributed by atoms with Crippen LogP contribution >= 0.6 is 0 Å². The first-order valence-corrected chi connectivity index (χ1v) is 10.4. The molecule has 0 saturated heterocycles. The van der Waals surface area contributed by atoms with Gasteiger partial charge in [-0.05, 0) is 61.0 Å². The second-order valence-corrected chi connectivity index (χ2v) is 7.54. The Hall–Kier alpha value is -4.59. The number of para-hydroxylation sites is 1. The number of fused-ring (bicyclic) bond motifs is 1. The molecule has 3 N–H and O–H groups in total. The second-order valence-electron chi connectivity index (χ2n) is 7.54. The van der Waals surface area contributed by atoms with E-state index in [4.69, 9.17) is 10.5 Å². The maximum Gasteiger partial charge on any atom is 0.339 e. The number of hydrogen-bond acceptors (Lipinski definition) is 6. The molecule has 5 rings (SSSR count). The molecule has 0 atom stereocenters. The zero-order valence-corrected chi connectivity index (χ0v) is 18.2. The minimum atomic E-state index is -0.292. The predicted octanol–water partition coefficient (Wildman–Crippen LogP) is 4.30. The van der Waals surface area contributed by atoms with Crippen LogP contribution in [0.15, 0.2) is 83.9 Å². The Kier molecular flexibility index (Phi) is 5.02. The fourth-order valence-corrected chi connectivity index (χ4v) is 3.83. The Labute approximate surface area is 189 Å². The summed E-state index contributed by atoms with van der Waals surface area (Å²) in [5.41, 5.74) is 10.1. The van der Waals surface area contributed by atoms with Gasteiger partial charge < -0.3 is 15.8 Å². The van der Waals surface area contributed by atoms with Crippen LogP contribution in [-0.4, -0.2) is 26.1 Å². The highest BCUT2D eigenvalue weighted by molar-refractivity contribution is 5.85. The van der Waals surface area contributed by atoms with Gasteiger partial charge in [0.1, 0.15) is 23.3 Å². The zero-order valence-electron chi connectivity index (χ0n) is 18.2. The van der Waals surface area contributed by atoms with Crippen molar-refractivity contribution in [2.75, 3.05) is 18.1 Å². The number of hydrogen-bond donors (Lipinski definition) is 2. The number of rotatable bonds is 5. The molecule has 8 heteroatoms. The Balaban J connectivity index is 1.65. The number of imidazole rings is 1. The van der Waals surface area contributed by atoms with Crippen molar-refractivity contribution in [2.24, 2.45) is 0 Å². The van der Waals surface area contributed by atoms with Gasteiger partial charge in [-0.15, -0.1) is 0 Å². The average Bonchev–Trinajstić information content (AvgIpc) is 3.14. The van der Waals surface area contributed by atoms with E-state index in [0.29, 0.717) is 28.3 Å². The summed E-state index contributed by atoms with van der Waals surface area (Å²) in [4.78, 5) is 22.2. The first-order valence-electron chi connectivity index (χ1n) is 10.4. The van der Waals surface area contributed by atoms with E-state index in [1.165, 1.54) is 10.9 Å². The van der Waals surface area contributed by atoms with Gasteiger partial charge in [-0.1, -0.05) is 24.3 Å². The summed E-state index contributed by atoms with van der Waals surface area (Å²) >= 11 is 0. The highest BCUT2D eigenvalue weighted by Crippen LogP contribution is 2.27. The SMILES string of the molecule is CNc1cc(-n2c(=O)n(-c3ccc(Oc4ccccc4)cc3)c3c(N)ncnc32)ccc1C. The van der Waals surface area contributed by atoms with Gasteiger partial charge in [0.2, 0.25) is 0 Å². The van der Waals surface area contributed by atoms with E-state index in [-0.39, 0.29) is 11.5 Å². The third kappa shape index (κ3) is 3.57. The minimum Gasteiger partial charge on any atom is -0.457 e. The van der Waals surface area contributed by atoms with E-state index < -0.39 is 0 Å². The van der Waals surface area contributed by atoms with Crippen LogP contribution in [0.2, 0.25) is 0 Å². The van der Waals surface area contributed by atoms with Gasteiger partial charge in [0.05, 0.1) is 11.4 Å². The maximum atomic E-state index is 13.7. The molecule has 164 valence electrons. The lowest BCUT2D eigenvalue weighted by Gasteiger charge is -2.09. The Morgan fingerprint density at radius 1 is 0.879 bits per heavy atom. The molecule has 0 aliphatic rings. The van der Waals surface area contributed by atoms with Gasteiger partial charge in [0.25, 0.3) is 0 Å². The molecule has 33 heavy (non-hydrogen) atoms. The summed E-state index contributed by atoms with van der Waals surface area (Å²) in [7, 11) is 1.84. The Morgan fingerprint density at radius 3 is 2.30 bits per heavy atom. The normalized spacial score (nSPS) is 11.0. The van der Waals surface area contributed by atoms with Gasteiger partial charge in [-0.25, -0.2) is 19.3 Å². The Morgan fingerprint density at radius 2 is 1.58 bits per heavy atom. The minimum absolute atomic E-state index is 0.224. The third-order valence-corrected chi connectivity index (χ3v) is 5.47. The molecule has 2 aromatic heterocycles. The number of ether oxygens (including phenoxy) is 1. The van der Waals surface area contributed by atoms with Crippen molar-refractivity contribution in [3.63, 3.8) is 0 Å². The molecular weight excluding hydrogens is 416 g/mol. The number of nitrogens with two attached hydrogens (primary N) is 1. The van der Waals surface area contributed by atoms with Gasteiger partial charge in [0.15, 0.2) is 11.5 Å². The number of nitrogens with zero attached hydrogens (tertiary/aromatic N) is 4. The van der Waals surface area contributed by atoms with E-state index >= 15 is 0 Å². The molecule has 0 aliphatic carbocycles. The maximum absolute atomic E-state index is 13.7. The van der Waals surface area contributed by atoms with Crippen LogP contribution in [0.3, 0.4) is 0 Å². The molecule has 3 aromatic carbocycles. The van der Waals surface area contributed by atoms with Crippen molar-refractivity contribution < 1.29 is 4.74 Å². The van der Waals surface area contributed by atoms with Gasteiger partial charge >= 0.3 is 5.69 Å². The quantitative estimate of drug-likeness (QED) is 0.424. The van der Waals surface area contributed by atoms with Gasteiger partial charge in [-0.2, -0.15) is 0 Å². The molecule has 0 unspecified atom stereocenters. The van der Waals surface area contributed by atoms with Gasteiger partial charge in [-0.3, -0.25) is 4.57 Å². The van der Waals surface area contributed by atoms with Crippen LogP contribution in [-0.2, 0) is 0 Å². The van der Waals surface area contributed by atoms with Crippen molar-refractivity contribution in [3.05, 3.63) is 95.2 Å². The Bertz CT molecular complexity index is 1500. The first kappa shape index (κ1) is 20.3. The summed E-state index contributed by atoms with van der Waals surface area (Å²) < 4.78 is 8.94. The van der Waals surface area contributed by atoms with Crippen LogP contribution in [0.1, 0.15) is 5.56 Å². The smallest absolute Gasteiger partial charge is 0.339 e. The second kappa shape index (κ2) is 8.16. The summed E-state index contributed by atoms with van der Waals surface area (Å²) in [5.74, 6) is 1.61. The summed E-state index contributed by atoms with van der Waals surface area (Å²) in [6.07, 6.45) is 1.36. The van der Waals surface area contributed by atoms with E-state index in [1.54, 1.807) is 4.57 Å². The van der Waals surface area contributed by atoms with Crippen molar-refractivity contribution in [2.45, 2.75) is 6.92 Å². The van der Waals surface area contributed by atoms with Crippen molar-refractivity contribution >= 4 is 22.7 Å². The van der Waals surface area contributed by atoms with Crippen molar-refractivity contribution in [3.8, 4) is 22.9 Å². The molecule has 0 amide bonds. The van der Waals surface area contributed by atoms with E-state index in [1.807, 2.05) is 86.8 Å². The molecular formula is C25H22N6O2. The highest BCUT2D eigenvalue weighted by atomic mass is 16.5. The summed E-state index contributed by atoms with van der Waals surface area (Å²) in [6, 6.07) is 22.5. The molecule has 0 fully saturated rings. The number of benzene rings is 3. The van der Waals surface area contributed by atoms with Crippen molar-refractivity contribution in [1.29, 1.82) is 0 Å². The lowest BCUT2D eigenvalue weighted by molar-refractivity contribution is 0.482. The largest absolute Gasteiger partial charge is 0.457 e. The van der Waals surface area contributed by atoms with Gasteiger partial charge in [0, 0.05) is 12.7 Å². The van der Waals surface area contributed by atoms with E-state index in [0.717, 1.165) is 17.0 Å². The monoisotopic (exact) mass is 438 g/mol. The highest BCUT2D eigenvalue weighted by Gasteiger charge is 2.20. The van der Waals surface area contributed by atoms with Crippen molar-refractivity contribution in [1.82, 2.24) is 19.1 Å². The van der Waals surface area contributed by atoms with Crippen LogP contribution in [0.25, 0.3) is 22.5 Å². The first-order chi connectivity index (χ1) is 16.1. The van der Waals surface area contributed by atoms with Crippen LogP contribution in [0, 0.1) is 6.92 Å². The molecule has 0 spiro atoms. The summed E-state index contributed by atoms with van der Waals surface area (Å²) in [6.45, 7) is 2.00. The number of nitrogen functional groups attached to an aromatic ring is 1. The molecule has 0 saturated carbocycles. The standard InChI is InChI=1S/C25H22N6O2/c1-16-8-9-18(14-21(16)27-2)31-24-22(23(26)28-15-29-24)30(25(31)32)17-10-12-20(13-11-17)33-19-6-4-3-5-7-19/h3-15,27H,1-2H3,(H2,26,28,29). The zero-order chi connectivity index (χ0) is 22.9. The fourth-order valence-electron chi connectivity index (χ4n) is 3.83. The number of aryl methyl sites for hydroxylation is 1. The lowest BCUT2D eigenvalue weighted by atomic mass is 10.2. The number of aromatic nitrogens is 4. The number of nitrogens with one attached hydrogen (secondary N) is 1. The number of anilines is 2. The molecule has 5 aromatic rings. The molecule has 8 nitrogen and oxygen atoms in total. The lowest BCUT2D eigenvalue weighted by Crippen LogP contribution is -2.22. The predicted molar refractivity (Wildman–Crippen MR) is 130 cm³/mol. The van der Waals surface area contributed by atoms with Crippen LogP contribution in [0.4, 0.5) is 11.5 Å². The van der Waals surface area contributed by atoms with E-state index in [2.05, 4.69) is 15.3 Å². The molecule has 0 radical (unpaired) electrons. The van der Waals surface area contributed by atoms with E-state index in [9.17, 15) is 4.79 Å². The topological polar surface area (TPSA) is 100.0 Å². The third-order valence-electron chi connectivity index (χ3n) is 5.47.